The van der Waals surface area contributed by atoms with E-state index < -0.39 is 6.10 Å². The fourth-order valence-corrected chi connectivity index (χ4v) is 1.86. The van der Waals surface area contributed by atoms with Gasteiger partial charge in [0.2, 0.25) is 0 Å². The molecule has 0 amide bonds. The molecule has 1 unspecified atom stereocenters. The van der Waals surface area contributed by atoms with Crippen LogP contribution < -0.4 is 0 Å². The van der Waals surface area contributed by atoms with Gasteiger partial charge in [0.15, 0.2) is 0 Å². The lowest BCUT2D eigenvalue weighted by atomic mass is 10.1. The number of hydrogen-bond acceptors (Lipinski definition) is 3. The van der Waals surface area contributed by atoms with Crippen LogP contribution in [0.4, 0.5) is 0 Å². The number of benzene rings is 1. The van der Waals surface area contributed by atoms with Gasteiger partial charge in [0, 0.05) is 12.6 Å². The Morgan fingerprint density at radius 1 is 1.35 bits per heavy atom. The lowest BCUT2D eigenvalue weighted by molar-refractivity contribution is 0.160. The zero-order valence-electron chi connectivity index (χ0n) is 9.96. The van der Waals surface area contributed by atoms with Gasteiger partial charge in [-0.15, -0.1) is 0 Å². The minimum Gasteiger partial charge on any atom is -0.507 e. The van der Waals surface area contributed by atoms with E-state index in [2.05, 4.69) is 4.98 Å². The predicted molar refractivity (Wildman–Crippen MR) is 65.6 cm³/mol. The van der Waals surface area contributed by atoms with Crippen molar-refractivity contribution < 1.29 is 10.2 Å². The molecular weight excluding hydrogens is 216 g/mol. The van der Waals surface area contributed by atoms with E-state index in [4.69, 9.17) is 0 Å². The number of imidazole rings is 1. The number of phenols is 1. The zero-order chi connectivity index (χ0) is 12.4. The minimum absolute atomic E-state index is 0.216. The summed E-state index contributed by atoms with van der Waals surface area (Å²) in [4.78, 5) is 4.21. The first-order chi connectivity index (χ1) is 8.15. The number of nitrogens with zero attached hydrogens (tertiary/aromatic N) is 2. The molecule has 4 nitrogen and oxygen atoms in total. The zero-order valence-corrected chi connectivity index (χ0v) is 9.96. The number of phenolic OH excluding ortho intramolecular Hbond substituents is 1. The molecule has 0 saturated heterocycles. The Morgan fingerprint density at radius 2 is 2.06 bits per heavy atom. The second-order valence-corrected chi connectivity index (χ2v) is 4.00. The van der Waals surface area contributed by atoms with Crippen LogP contribution >= 0.6 is 0 Å². The van der Waals surface area contributed by atoms with Gasteiger partial charge in [0.05, 0.1) is 11.9 Å². The first-order valence-corrected chi connectivity index (χ1v) is 5.63. The third-order valence-electron chi connectivity index (χ3n) is 2.89. The minimum atomic E-state index is -0.570. The molecule has 0 fully saturated rings. The van der Waals surface area contributed by atoms with E-state index in [0.717, 1.165) is 11.3 Å². The maximum atomic E-state index is 9.79. The molecule has 0 aliphatic carbocycles. The fraction of sp³-hybridized carbons (Fsp3) is 0.308. The summed E-state index contributed by atoms with van der Waals surface area (Å²) in [5, 5.41) is 19.6. The van der Waals surface area contributed by atoms with Crippen molar-refractivity contribution in [1.82, 2.24) is 9.55 Å². The number of rotatable bonds is 3. The van der Waals surface area contributed by atoms with E-state index in [1.54, 1.807) is 18.3 Å². The summed E-state index contributed by atoms with van der Waals surface area (Å²) >= 11 is 0. The van der Waals surface area contributed by atoms with Gasteiger partial charge in [-0.1, -0.05) is 19.1 Å². The number of aliphatic hydroxyl groups excluding tert-OH is 1. The van der Waals surface area contributed by atoms with Crippen LogP contribution in [-0.2, 0) is 7.05 Å². The van der Waals surface area contributed by atoms with Gasteiger partial charge >= 0.3 is 0 Å². The molecule has 4 heteroatoms. The SMILES string of the molecule is CCC(O)c1ncc(-c2ccccc2O)n1C. The van der Waals surface area contributed by atoms with E-state index in [1.807, 2.05) is 30.7 Å². The molecule has 0 aliphatic heterocycles. The van der Waals surface area contributed by atoms with Gasteiger partial charge in [-0.05, 0) is 18.6 Å². The fourth-order valence-electron chi connectivity index (χ4n) is 1.86. The number of aromatic nitrogens is 2. The summed E-state index contributed by atoms with van der Waals surface area (Å²) < 4.78 is 1.81. The van der Waals surface area contributed by atoms with Crippen molar-refractivity contribution in [3.8, 4) is 17.0 Å². The molecule has 2 rings (SSSR count). The first kappa shape index (κ1) is 11.7. The molecule has 2 aromatic rings. The van der Waals surface area contributed by atoms with Crippen molar-refractivity contribution >= 4 is 0 Å². The van der Waals surface area contributed by atoms with Gasteiger partial charge in [0.25, 0.3) is 0 Å². The summed E-state index contributed by atoms with van der Waals surface area (Å²) in [6.45, 7) is 1.90. The maximum absolute atomic E-state index is 9.79. The van der Waals surface area contributed by atoms with E-state index in [1.165, 1.54) is 0 Å². The van der Waals surface area contributed by atoms with Crippen molar-refractivity contribution in [3.05, 3.63) is 36.3 Å². The van der Waals surface area contributed by atoms with Crippen LogP contribution in [0.3, 0.4) is 0 Å². The Bertz CT molecular complexity index is 520. The van der Waals surface area contributed by atoms with Gasteiger partial charge in [-0.25, -0.2) is 4.98 Å². The molecule has 1 aromatic carbocycles. The second kappa shape index (κ2) is 4.59. The summed E-state index contributed by atoms with van der Waals surface area (Å²) in [6.07, 6.45) is 1.72. The molecule has 1 heterocycles. The first-order valence-electron chi connectivity index (χ1n) is 5.63. The molecule has 0 aliphatic rings. The number of para-hydroxylation sites is 1. The van der Waals surface area contributed by atoms with Gasteiger partial charge < -0.3 is 14.8 Å². The largest absolute Gasteiger partial charge is 0.507 e. The smallest absolute Gasteiger partial charge is 0.137 e. The van der Waals surface area contributed by atoms with E-state index in [9.17, 15) is 10.2 Å². The van der Waals surface area contributed by atoms with Crippen molar-refractivity contribution in [2.45, 2.75) is 19.4 Å². The van der Waals surface area contributed by atoms with Crippen molar-refractivity contribution in [2.24, 2.45) is 7.05 Å². The van der Waals surface area contributed by atoms with Crippen molar-refractivity contribution in [3.63, 3.8) is 0 Å². The Labute approximate surface area is 100 Å². The third kappa shape index (κ3) is 2.03. The van der Waals surface area contributed by atoms with Crippen LogP contribution in [0.25, 0.3) is 11.3 Å². The highest BCUT2D eigenvalue weighted by atomic mass is 16.3. The van der Waals surface area contributed by atoms with E-state index in [0.29, 0.717) is 12.2 Å². The lowest BCUT2D eigenvalue weighted by Gasteiger charge is -2.10. The molecule has 0 radical (unpaired) electrons. The average molecular weight is 232 g/mol. The Balaban J connectivity index is 2.48. The number of aromatic hydroxyl groups is 1. The number of hydrogen-bond donors (Lipinski definition) is 2. The highest BCUT2D eigenvalue weighted by Gasteiger charge is 2.15. The quantitative estimate of drug-likeness (QED) is 0.853. The molecule has 17 heavy (non-hydrogen) atoms. The molecule has 0 bridgehead atoms. The Kier molecular flexibility index (Phi) is 3.15. The average Bonchev–Trinajstić information content (AvgIpc) is 2.71. The summed E-state index contributed by atoms with van der Waals surface area (Å²) in [5.41, 5.74) is 1.52. The Morgan fingerprint density at radius 3 is 2.71 bits per heavy atom. The van der Waals surface area contributed by atoms with Crippen molar-refractivity contribution in [2.75, 3.05) is 0 Å². The van der Waals surface area contributed by atoms with Gasteiger partial charge in [0.1, 0.15) is 17.7 Å². The summed E-state index contributed by atoms with van der Waals surface area (Å²) in [7, 11) is 1.84. The van der Waals surface area contributed by atoms with E-state index >= 15 is 0 Å². The molecular formula is C13H16N2O2. The molecule has 2 N–H and O–H groups in total. The Hall–Kier alpha value is -1.81. The highest BCUT2D eigenvalue weighted by molar-refractivity contribution is 5.66. The summed E-state index contributed by atoms with van der Waals surface area (Å²) in [5.74, 6) is 0.832. The number of aliphatic hydroxyl groups is 1. The van der Waals surface area contributed by atoms with Crippen LogP contribution in [-0.4, -0.2) is 19.8 Å². The second-order valence-electron chi connectivity index (χ2n) is 4.00. The van der Waals surface area contributed by atoms with Gasteiger partial charge in [-0.3, -0.25) is 0 Å². The molecule has 0 spiro atoms. The summed E-state index contributed by atoms with van der Waals surface area (Å²) in [6, 6.07) is 7.10. The van der Waals surface area contributed by atoms with Crippen LogP contribution in [0.15, 0.2) is 30.5 Å². The van der Waals surface area contributed by atoms with Crippen molar-refractivity contribution in [1.29, 1.82) is 0 Å². The monoisotopic (exact) mass is 232 g/mol. The molecule has 0 saturated carbocycles. The van der Waals surface area contributed by atoms with Crippen LogP contribution in [0, 0.1) is 0 Å². The van der Waals surface area contributed by atoms with Crippen LogP contribution in [0.1, 0.15) is 25.3 Å². The lowest BCUT2D eigenvalue weighted by Crippen LogP contribution is -2.05. The normalized spacial score (nSPS) is 12.6. The topological polar surface area (TPSA) is 58.3 Å². The maximum Gasteiger partial charge on any atom is 0.137 e. The third-order valence-corrected chi connectivity index (χ3v) is 2.89. The standard InChI is InChI=1S/C13H16N2O2/c1-3-11(16)13-14-8-10(15(13)2)9-6-4-5-7-12(9)17/h4-8,11,16-17H,3H2,1-2H3. The highest BCUT2D eigenvalue weighted by Crippen LogP contribution is 2.30. The predicted octanol–water partition coefficient (Wildman–Crippen LogP) is 2.24. The molecule has 1 aromatic heterocycles. The van der Waals surface area contributed by atoms with Gasteiger partial charge in [-0.2, -0.15) is 0 Å². The van der Waals surface area contributed by atoms with Crippen LogP contribution in [0.5, 0.6) is 5.75 Å². The molecule has 1 atom stereocenters. The van der Waals surface area contributed by atoms with Crippen LogP contribution in [0.2, 0.25) is 0 Å². The molecule has 90 valence electrons. The van der Waals surface area contributed by atoms with E-state index in [-0.39, 0.29) is 5.75 Å².